The van der Waals surface area contributed by atoms with Gasteiger partial charge in [-0.25, -0.2) is 0 Å². The van der Waals surface area contributed by atoms with Crippen LogP contribution in [0.4, 0.5) is 0 Å². The third-order valence-electron chi connectivity index (χ3n) is 4.09. The van der Waals surface area contributed by atoms with Crippen LogP contribution in [0.2, 0.25) is 5.02 Å². The fourth-order valence-corrected chi connectivity index (χ4v) is 3.01. The van der Waals surface area contributed by atoms with E-state index in [0.717, 1.165) is 11.5 Å². The predicted octanol–water partition coefficient (Wildman–Crippen LogP) is 2.08. The molecular weight excluding hydrogens is 332 g/mol. The summed E-state index contributed by atoms with van der Waals surface area (Å²) >= 11 is 6.00. The Labute approximate surface area is 144 Å². The van der Waals surface area contributed by atoms with Gasteiger partial charge in [-0.15, -0.1) is 0 Å². The van der Waals surface area contributed by atoms with Crippen LogP contribution in [-0.4, -0.2) is 46.9 Å². The lowest BCUT2D eigenvalue weighted by Gasteiger charge is -2.16. The van der Waals surface area contributed by atoms with Crippen LogP contribution in [0.1, 0.15) is 11.5 Å². The van der Waals surface area contributed by atoms with Crippen molar-refractivity contribution in [2.45, 2.75) is 19.4 Å². The second-order valence-electron chi connectivity index (χ2n) is 5.98. The number of ether oxygens (including phenoxy) is 1. The van der Waals surface area contributed by atoms with Gasteiger partial charge in [-0.05, 0) is 19.1 Å². The van der Waals surface area contributed by atoms with Gasteiger partial charge in [0, 0.05) is 31.5 Å². The molecule has 1 aliphatic heterocycles. The maximum absolute atomic E-state index is 12.3. The van der Waals surface area contributed by atoms with Crippen LogP contribution in [0, 0.1) is 12.8 Å². The lowest BCUT2D eigenvalue weighted by atomic mass is 10.0. The molecule has 1 N–H and O–H groups in total. The first-order chi connectivity index (χ1) is 11.5. The van der Waals surface area contributed by atoms with E-state index in [-0.39, 0.29) is 18.4 Å². The molecule has 2 aromatic rings. The van der Waals surface area contributed by atoms with Crippen LogP contribution in [0.15, 0.2) is 34.9 Å². The minimum atomic E-state index is -0.584. The van der Waals surface area contributed by atoms with Gasteiger partial charge in [0.15, 0.2) is 6.61 Å². The second kappa shape index (κ2) is 7.23. The average molecular weight is 351 g/mol. The van der Waals surface area contributed by atoms with E-state index < -0.39 is 6.10 Å². The number of amides is 1. The highest BCUT2D eigenvalue weighted by Gasteiger charge is 2.34. The van der Waals surface area contributed by atoms with E-state index in [4.69, 9.17) is 20.9 Å². The van der Waals surface area contributed by atoms with Crippen LogP contribution in [0.5, 0.6) is 5.75 Å². The van der Waals surface area contributed by atoms with Gasteiger partial charge in [-0.2, -0.15) is 0 Å². The number of carbonyl (C=O) groups excluding carboxylic acids is 1. The van der Waals surface area contributed by atoms with Gasteiger partial charge in [0.05, 0.1) is 16.8 Å². The Morgan fingerprint density at radius 1 is 1.46 bits per heavy atom. The highest BCUT2D eigenvalue weighted by atomic mass is 35.5. The molecule has 0 spiro atoms. The predicted molar refractivity (Wildman–Crippen MR) is 88.0 cm³/mol. The van der Waals surface area contributed by atoms with E-state index in [9.17, 15) is 9.90 Å². The molecule has 0 unspecified atom stereocenters. The number of halogens is 1. The van der Waals surface area contributed by atoms with Crippen molar-refractivity contribution >= 4 is 17.5 Å². The van der Waals surface area contributed by atoms with E-state index in [1.165, 1.54) is 0 Å². The van der Waals surface area contributed by atoms with Crippen LogP contribution >= 0.6 is 11.6 Å². The van der Waals surface area contributed by atoms with Crippen molar-refractivity contribution in [3.8, 4) is 5.75 Å². The number of hydrogen-bond donors (Lipinski definition) is 1. The fraction of sp³-hybridized carbons (Fsp3) is 0.412. The number of likely N-dealkylation sites (tertiary alicyclic amines) is 1. The SMILES string of the molecule is Cc1cc(C[C@@H]2CN(C(=O)COc3ccccc3Cl)C[C@@H]2O)on1. The minimum Gasteiger partial charge on any atom is -0.482 e. The lowest BCUT2D eigenvalue weighted by Crippen LogP contribution is -2.33. The molecule has 1 aliphatic rings. The summed E-state index contributed by atoms with van der Waals surface area (Å²) in [7, 11) is 0. The number of benzene rings is 1. The molecule has 1 amide bonds. The Balaban J connectivity index is 1.54. The summed E-state index contributed by atoms with van der Waals surface area (Å²) in [5.41, 5.74) is 0.804. The van der Waals surface area contributed by atoms with Crippen molar-refractivity contribution in [3.05, 3.63) is 46.8 Å². The number of rotatable bonds is 5. The van der Waals surface area contributed by atoms with E-state index in [1.54, 1.807) is 29.2 Å². The standard InChI is InChI=1S/C17H19ClN2O4/c1-11-6-13(24-19-11)7-12-8-20(9-15(12)21)17(22)10-23-16-5-3-2-4-14(16)18/h2-6,12,15,21H,7-10H2,1H3/t12-,15+/m1/s1. The summed E-state index contributed by atoms with van der Waals surface area (Å²) in [5, 5.41) is 14.5. The van der Waals surface area contributed by atoms with Crippen molar-refractivity contribution in [1.29, 1.82) is 0 Å². The van der Waals surface area contributed by atoms with Crippen LogP contribution in [0.3, 0.4) is 0 Å². The Kier molecular flexibility index (Phi) is 5.06. The van der Waals surface area contributed by atoms with Crippen LogP contribution < -0.4 is 4.74 Å². The number of aliphatic hydroxyl groups is 1. The molecule has 7 heteroatoms. The number of carbonyl (C=O) groups is 1. The summed E-state index contributed by atoms with van der Waals surface area (Å²) in [4.78, 5) is 13.9. The van der Waals surface area contributed by atoms with Crippen LogP contribution in [-0.2, 0) is 11.2 Å². The molecule has 1 saturated heterocycles. The van der Waals surface area contributed by atoms with Crippen molar-refractivity contribution in [1.82, 2.24) is 10.1 Å². The molecule has 2 atom stereocenters. The van der Waals surface area contributed by atoms with E-state index in [2.05, 4.69) is 5.16 Å². The number of hydrogen-bond acceptors (Lipinski definition) is 5. The number of nitrogens with zero attached hydrogens (tertiary/aromatic N) is 2. The maximum atomic E-state index is 12.3. The van der Waals surface area contributed by atoms with Gasteiger partial charge in [-0.3, -0.25) is 4.79 Å². The summed E-state index contributed by atoms with van der Waals surface area (Å²) in [5.74, 6) is 0.950. The maximum Gasteiger partial charge on any atom is 0.260 e. The molecular formula is C17H19ClN2O4. The highest BCUT2D eigenvalue weighted by molar-refractivity contribution is 6.32. The molecule has 3 rings (SSSR count). The van der Waals surface area contributed by atoms with Gasteiger partial charge in [0.1, 0.15) is 11.5 Å². The molecule has 1 aromatic heterocycles. The second-order valence-corrected chi connectivity index (χ2v) is 6.39. The molecule has 1 fully saturated rings. The Bertz CT molecular complexity index is 718. The van der Waals surface area contributed by atoms with Gasteiger partial charge < -0.3 is 19.3 Å². The molecule has 0 aliphatic carbocycles. The highest BCUT2D eigenvalue weighted by Crippen LogP contribution is 2.24. The number of para-hydroxylation sites is 1. The normalized spacial score (nSPS) is 20.4. The van der Waals surface area contributed by atoms with Crippen molar-refractivity contribution < 1.29 is 19.2 Å². The van der Waals surface area contributed by atoms with Gasteiger partial charge >= 0.3 is 0 Å². The molecule has 0 radical (unpaired) electrons. The first-order valence-electron chi connectivity index (χ1n) is 7.78. The largest absolute Gasteiger partial charge is 0.482 e. The number of aryl methyl sites for hydroxylation is 1. The quantitative estimate of drug-likeness (QED) is 0.893. The van der Waals surface area contributed by atoms with Gasteiger partial charge in [-0.1, -0.05) is 28.9 Å². The molecule has 24 heavy (non-hydrogen) atoms. The lowest BCUT2D eigenvalue weighted by molar-refractivity contribution is -0.132. The topological polar surface area (TPSA) is 75.8 Å². The molecule has 128 valence electrons. The number of aromatic nitrogens is 1. The Morgan fingerprint density at radius 2 is 2.25 bits per heavy atom. The van der Waals surface area contributed by atoms with Crippen molar-refractivity contribution in [3.63, 3.8) is 0 Å². The van der Waals surface area contributed by atoms with E-state index >= 15 is 0 Å². The van der Waals surface area contributed by atoms with Crippen LogP contribution in [0.25, 0.3) is 0 Å². The number of β-amino-alcohol motifs (C(OH)–C–C–N with tert-alkyl or cyclic N) is 1. The Morgan fingerprint density at radius 3 is 2.96 bits per heavy atom. The molecule has 0 saturated carbocycles. The smallest absolute Gasteiger partial charge is 0.260 e. The summed E-state index contributed by atoms with van der Waals surface area (Å²) in [6.45, 7) is 2.50. The van der Waals surface area contributed by atoms with E-state index in [0.29, 0.717) is 30.3 Å². The zero-order valence-corrected chi connectivity index (χ0v) is 14.1. The summed E-state index contributed by atoms with van der Waals surface area (Å²) < 4.78 is 10.7. The molecule has 6 nitrogen and oxygen atoms in total. The van der Waals surface area contributed by atoms with E-state index in [1.807, 2.05) is 13.0 Å². The summed E-state index contributed by atoms with van der Waals surface area (Å²) in [6.07, 6.45) is -0.0309. The average Bonchev–Trinajstić information content (AvgIpc) is 3.13. The Hall–Kier alpha value is -2.05. The van der Waals surface area contributed by atoms with Crippen molar-refractivity contribution in [2.24, 2.45) is 5.92 Å². The third kappa shape index (κ3) is 3.88. The zero-order chi connectivity index (χ0) is 17.1. The third-order valence-corrected chi connectivity index (χ3v) is 4.40. The van der Waals surface area contributed by atoms with Gasteiger partial charge in [0.2, 0.25) is 0 Å². The fourth-order valence-electron chi connectivity index (χ4n) is 2.82. The summed E-state index contributed by atoms with van der Waals surface area (Å²) in [6, 6.07) is 8.85. The monoisotopic (exact) mass is 350 g/mol. The van der Waals surface area contributed by atoms with Crippen molar-refractivity contribution in [2.75, 3.05) is 19.7 Å². The molecule has 2 heterocycles. The van der Waals surface area contributed by atoms with Gasteiger partial charge in [0.25, 0.3) is 5.91 Å². The minimum absolute atomic E-state index is 0.0680. The number of aliphatic hydroxyl groups excluding tert-OH is 1. The molecule has 0 bridgehead atoms. The first kappa shape index (κ1) is 16.8. The zero-order valence-electron chi connectivity index (χ0n) is 13.3. The molecule has 1 aromatic carbocycles. The first-order valence-corrected chi connectivity index (χ1v) is 8.16.